The molecule has 0 saturated carbocycles. The molecular weight excluding hydrogens is 354 g/mol. The topological polar surface area (TPSA) is 81.8 Å². The molecule has 26 heavy (non-hydrogen) atoms. The van der Waals surface area contributed by atoms with Crippen molar-refractivity contribution in [3.05, 3.63) is 68.9 Å². The largest absolute Gasteiger partial charge is 0.324 e. The fourth-order valence-corrected chi connectivity index (χ4v) is 2.85. The zero-order chi connectivity index (χ0) is 18.8. The lowest BCUT2D eigenvalue weighted by molar-refractivity contribution is -0.116. The van der Waals surface area contributed by atoms with E-state index in [0.717, 1.165) is 11.4 Å². The van der Waals surface area contributed by atoms with E-state index in [4.69, 9.17) is 11.6 Å². The number of amides is 1. The molecule has 0 spiro atoms. The Morgan fingerprint density at radius 3 is 2.58 bits per heavy atom. The zero-order valence-electron chi connectivity index (χ0n) is 14.7. The number of rotatable bonds is 4. The van der Waals surface area contributed by atoms with Crippen molar-refractivity contribution in [1.29, 1.82) is 0 Å². The Balaban J connectivity index is 1.96. The molecule has 0 fully saturated rings. The fraction of sp³-hybridized carbons (Fsp3) is 0.222. The van der Waals surface area contributed by atoms with Gasteiger partial charge in [0.2, 0.25) is 11.9 Å². The summed E-state index contributed by atoms with van der Waals surface area (Å²) in [6.45, 7) is 5.26. The van der Waals surface area contributed by atoms with E-state index < -0.39 is 0 Å². The molecule has 0 aliphatic rings. The number of benzene rings is 1. The van der Waals surface area contributed by atoms with Crippen LogP contribution in [0.15, 0.2) is 41.2 Å². The first-order chi connectivity index (χ1) is 12.3. The molecule has 8 heteroatoms. The molecular formula is C18H18ClN5O2. The summed E-state index contributed by atoms with van der Waals surface area (Å²) in [5, 5.41) is 7.62. The minimum atomic E-state index is -0.359. The lowest BCUT2D eigenvalue weighted by Crippen LogP contribution is -2.32. The van der Waals surface area contributed by atoms with Gasteiger partial charge >= 0.3 is 0 Å². The highest BCUT2D eigenvalue weighted by Gasteiger charge is 2.15. The number of aromatic nitrogens is 4. The Kier molecular flexibility index (Phi) is 4.90. The van der Waals surface area contributed by atoms with Crippen molar-refractivity contribution in [2.75, 3.05) is 5.32 Å². The maximum Gasteiger partial charge on any atom is 0.255 e. The van der Waals surface area contributed by atoms with Crippen molar-refractivity contribution in [2.24, 2.45) is 0 Å². The molecule has 0 bridgehead atoms. The first-order valence-corrected chi connectivity index (χ1v) is 8.39. The second-order valence-electron chi connectivity index (χ2n) is 6.02. The van der Waals surface area contributed by atoms with Gasteiger partial charge in [-0.25, -0.2) is 9.67 Å². The summed E-state index contributed by atoms with van der Waals surface area (Å²) < 4.78 is 2.86. The predicted octanol–water partition coefficient (Wildman–Crippen LogP) is 2.65. The molecule has 1 N–H and O–H groups in total. The molecule has 1 aromatic carbocycles. The van der Waals surface area contributed by atoms with Gasteiger partial charge in [0.05, 0.1) is 5.69 Å². The molecule has 134 valence electrons. The van der Waals surface area contributed by atoms with Crippen LogP contribution in [-0.4, -0.2) is 25.2 Å². The Bertz CT molecular complexity index is 1040. The first kappa shape index (κ1) is 17.9. The van der Waals surface area contributed by atoms with E-state index >= 15 is 0 Å². The average Bonchev–Trinajstić information content (AvgIpc) is 2.88. The molecule has 0 radical (unpaired) electrons. The van der Waals surface area contributed by atoms with Crippen LogP contribution in [-0.2, 0) is 11.3 Å². The molecule has 7 nitrogen and oxygen atoms in total. The number of halogens is 1. The van der Waals surface area contributed by atoms with Gasteiger partial charge < -0.3 is 5.32 Å². The Hall–Kier alpha value is -2.93. The van der Waals surface area contributed by atoms with Crippen molar-refractivity contribution in [3.63, 3.8) is 0 Å². The quantitative estimate of drug-likeness (QED) is 0.764. The molecule has 3 aromatic rings. The molecule has 0 unspecified atom stereocenters. The van der Waals surface area contributed by atoms with E-state index in [1.807, 2.05) is 19.9 Å². The second kappa shape index (κ2) is 7.13. The summed E-state index contributed by atoms with van der Waals surface area (Å²) in [6.07, 6.45) is 0. The summed E-state index contributed by atoms with van der Waals surface area (Å²) in [5.74, 6) is -0.0513. The molecule has 0 atom stereocenters. The van der Waals surface area contributed by atoms with Gasteiger partial charge in [-0.2, -0.15) is 5.10 Å². The highest BCUT2D eigenvalue weighted by molar-refractivity contribution is 6.30. The van der Waals surface area contributed by atoms with Crippen LogP contribution in [0, 0.1) is 20.8 Å². The highest BCUT2D eigenvalue weighted by Crippen LogP contribution is 2.15. The zero-order valence-corrected chi connectivity index (χ0v) is 15.4. The van der Waals surface area contributed by atoms with Crippen LogP contribution >= 0.6 is 11.6 Å². The predicted molar refractivity (Wildman–Crippen MR) is 99.9 cm³/mol. The summed E-state index contributed by atoms with van der Waals surface area (Å²) in [7, 11) is 0. The third-order valence-corrected chi connectivity index (χ3v) is 3.96. The van der Waals surface area contributed by atoms with Crippen molar-refractivity contribution in [1.82, 2.24) is 19.3 Å². The number of hydrogen-bond acceptors (Lipinski definition) is 4. The number of hydrogen-bond donors (Lipinski definition) is 1. The molecule has 3 rings (SSSR count). The third kappa shape index (κ3) is 3.83. The highest BCUT2D eigenvalue weighted by atomic mass is 35.5. The van der Waals surface area contributed by atoms with Gasteiger partial charge in [0.15, 0.2) is 0 Å². The van der Waals surface area contributed by atoms with Gasteiger partial charge in [-0.05, 0) is 45.0 Å². The van der Waals surface area contributed by atoms with Crippen LogP contribution < -0.4 is 10.9 Å². The standard InChI is InChI=1S/C18H18ClN5O2/c1-11-8-17(26)23(18(20-11)24-13(3)7-12(2)22-24)10-16(25)21-15-6-4-5-14(19)9-15/h4-9H,10H2,1-3H3,(H,21,25). The van der Waals surface area contributed by atoms with E-state index in [-0.39, 0.29) is 18.0 Å². The minimum Gasteiger partial charge on any atom is -0.324 e. The number of carbonyl (C=O) groups excluding carboxylic acids is 1. The Morgan fingerprint density at radius 2 is 1.92 bits per heavy atom. The smallest absolute Gasteiger partial charge is 0.255 e. The van der Waals surface area contributed by atoms with Crippen LogP contribution in [0.5, 0.6) is 0 Å². The fourth-order valence-electron chi connectivity index (χ4n) is 2.66. The van der Waals surface area contributed by atoms with E-state index in [1.165, 1.54) is 10.6 Å². The van der Waals surface area contributed by atoms with Gasteiger partial charge in [-0.3, -0.25) is 14.2 Å². The van der Waals surface area contributed by atoms with Crippen LogP contribution in [0.1, 0.15) is 17.1 Å². The van der Waals surface area contributed by atoms with Crippen LogP contribution in [0.25, 0.3) is 5.95 Å². The average molecular weight is 372 g/mol. The number of nitrogens with one attached hydrogen (secondary N) is 1. The number of carbonyl (C=O) groups is 1. The van der Waals surface area contributed by atoms with Crippen molar-refractivity contribution < 1.29 is 4.79 Å². The second-order valence-corrected chi connectivity index (χ2v) is 6.46. The molecule has 0 saturated heterocycles. The monoisotopic (exact) mass is 371 g/mol. The maximum atomic E-state index is 12.5. The first-order valence-electron chi connectivity index (χ1n) is 8.01. The molecule has 0 aliphatic heterocycles. The van der Waals surface area contributed by atoms with Gasteiger partial charge in [-0.1, -0.05) is 17.7 Å². The molecule has 2 heterocycles. The minimum absolute atomic E-state index is 0.188. The number of nitrogens with zero attached hydrogens (tertiary/aromatic N) is 4. The van der Waals surface area contributed by atoms with E-state index in [0.29, 0.717) is 22.4 Å². The molecule has 0 aliphatic carbocycles. The SMILES string of the molecule is Cc1cc(=O)n(CC(=O)Nc2cccc(Cl)c2)c(-n2nc(C)cc2C)n1. The van der Waals surface area contributed by atoms with E-state index in [2.05, 4.69) is 15.4 Å². The third-order valence-electron chi connectivity index (χ3n) is 3.73. The lowest BCUT2D eigenvalue weighted by atomic mass is 10.3. The van der Waals surface area contributed by atoms with Gasteiger partial charge in [0.1, 0.15) is 6.54 Å². The summed E-state index contributed by atoms with van der Waals surface area (Å²) in [6, 6.07) is 10.1. The number of aryl methyl sites for hydroxylation is 3. The number of anilines is 1. The molecule has 2 aromatic heterocycles. The van der Waals surface area contributed by atoms with E-state index in [1.54, 1.807) is 35.9 Å². The maximum absolute atomic E-state index is 12.5. The normalized spacial score (nSPS) is 10.8. The van der Waals surface area contributed by atoms with Crippen molar-refractivity contribution >= 4 is 23.2 Å². The van der Waals surface area contributed by atoms with Crippen LogP contribution in [0.4, 0.5) is 5.69 Å². The van der Waals surface area contributed by atoms with Crippen LogP contribution in [0.3, 0.4) is 0 Å². The summed E-state index contributed by atoms with van der Waals surface area (Å²) >= 11 is 5.93. The summed E-state index contributed by atoms with van der Waals surface area (Å²) in [5.41, 5.74) is 2.42. The summed E-state index contributed by atoms with van der Waals surface area (Å²) in [4.78, 5) is 29.3. The Morgan fingerprint density at radius 1 is 1.15 bits per heavy atom. The van der Waals surface area contributed by atoms with Gasteiger partial charge in [0, 0.05) is 28.2 Å². The molecule has 1 amide bonds. The van der Waals surface area contributed by atoms with E-state index in [9.17, 15) is 9.59 Å². The van der Waals surface area contributed by atoms with Crippen molar-refractivity contribution in [2.45, 2.75) is 27.3 Å². The van der Waals surface area contributed by atoms with Gasteiger partial charge in [0.25, 0.3) is 5.56 Å². The lowest BCUT2D eigenvalue weighted by Gasteiger charge is -2.13. The van der Waals surface area contributed by atoms with Crippen molar-refractivity contribution in [3.8, 4) is 5.95 Å². The van der Waals surface area contributed by atoms with Gasteiger partial charge in [-0.15, -0.1) is 0 Å². The Labute approximate surface area is 155 Å². The van der Waals surface area contributed by atoms with Crippen LogP contribution in [0.2, 0.25) is 5.02 Å².